The average Bonchev–Trinajstić information content (AvgIpc) is 3.16. The lowest BCUT2D eigenvalue weighted by Gasteiger charge is -2.29. The monoisotopic (exact) mass is 274 g/mol. The molecule has 3 N–H and O–H groups in total. The molecule has 1 aliphatic heterocycles. The topological polar surface area (TPSA) is 71.2 Å². The van der Waals surface area contributed by atoms with E-state index in [9.17, 15) is 4.79 Å². The van der Waals surface area contributed by atoms with Gasteiger partial charge in [0.2, 0.25) is 0 Å². The fourth-order valence-electron chi connectivity index (χ4n) is 3.66. The van der Waals surface area contributed by atoms with E-state index in [0.29, 0.717) is 17.7 Å². The minimum atomic E-state index is 0.0523. The molecule has 108 valence electrons. The van der Waals surface area contributed by atoms with Crippen LogP contribution < -0.4 is 11.3 Å². The van der Waals surface area contributed by atoms with Crippen molar-refractivity contribution < 1.29 is 4.79 Å². The first kappa shape index (κ1) is 13.4. The van der Waals surface area contributed by atoms with Crippen LogP contribution in [-0.4, -0.2) is 28.4 Å². The van der Waals surface area contributed by atoms with Crippen molar-refractivity contribution in [2.75, 3.05) is 12.0 Å². The van der Waals surface area contributed by atoms with Gasteiger partial charge in [0.25, 0.3) is 5.91 Å². The first-order valence-corrected chi connectivity index (χ1v) is 7.53. The zero-order valence-electron chi connectivity index (χ0n) is 11.7. The molecule has 0 spiro atoms. The van der Waals surface area contributed by atoms with Crippen LogP contribution in [0.3, 0.4) is 0 Å². The maximum atomic E-state index is 12.7. The van der Waals surface area contributed by atoms with Crippen molar-refractivity contribution in [2.24, 2.45) is 11.8 Å². The van der Waals surface area contributed by atoms with E-state index in [-0.39, 0.29) is 5.91 Å². The fraction of sp³-hybridized carbons (Fsp3) is 0.600. The van der Waals surface area contributed by atoms with Crippen molar-refractivity contribution in [3.63, 3.8) is 0 Å². The Bertz CT molecular complexity index is 485. The quantitative estimate of drug-likeness (QED) is 0.654. The van der Waals surface area contributed by atoms with Crippen molar-refractivity contribution >= 4 is 11.6 Å². The zero-order chi connectivity index (χ0) is 13.9. The van der Waals surface area contributed by atoms with Crippen LogP contribution in [-0.2, 0) is 0 Å². The summed E-state index contributed by atoms with van der Waals surface area (Å²) in [5.41, 5.74) is 3.78. The summed E-state index contributed by atoms with van der Waals surface area (Å²) in [7, 11) is 0. The molecule has 2 fully saturated rings. The summed E-state index contributed by atoms with van der Waals surface area (Å²) in [5, 5.41) is 0. The Morgan fingerprint density at radius 3 is 2.85 bits per heavy atom. The summed E-state index contributed by atoms with van der Waals surface area (Å²) in [6, 6.07) is 3.91. The third-order valence-electron chi connectivity index (χ3n) is 4.65. The molecule has 0 aromatic carbocycles. The van der Waals surface area contributed by atoms with Crippen LogP contribution in [0.15, 0.2) is 18.3 Å². The lowest BCUT2D eigenvalue weighted by atomic mass is 9.96. The van der Waals surface area contributed by atoms with E-state index < -0.39 is 0 Å². The molecular formula is C15H22N4O. The molecule has 5 nitrogen and oxygen atoms in total. The van der Waals surface area contributed by atoms with Crippen molar-refractivity contribution in [1.29, 1.82) is 0 Å². The number of nitrogens with one attached hydrogen (secondary N) is 1. The molecule has 2 heterocycles. The average molecular weight is 274 g/mol. The molecule has 1 amide bonds. The largest absolute Gasteiger partial charge is 0.334 e. The molecule has 0 radical (unpaired) electrons. The summed E-state index contributed by atoms with van der Waals surface area (Å²) >= 11 is 0. The number of nitrogens with two attached hydrogens (primary N) is 1. The lowest BCUT2D eigenvalue weighted by molar-refractivity contribution is 0.0683. The molecule has 1 saturated carbocycles. The molecule has 20 heavy (non-hydrogen) atoms. The highest BCUT2D eigenvalue weighted by molar-refractivity contribution is 5.93. The summed E-state index contributed by atoms with van der Waals surface area (Å²) in [6.45, 7) is 0.863. The number of carbonyl (C=O) groups is 1. The molecule has 1 aromatic heterocycles. The highest BCUT2D eigenvalue weighted by Crippen LogP contribution is 2.35. The van der Waals surface area contributed by atoms with Crippen molar-refractivity contribution in [2.45, 2.75) is 44.6 Å². The maximum absolute atomic E-state index is 12.7. The normalized spacial score (nSPS) is 23.2. The number of rotatable bonds is 3. The Morgan fingerprint density at radius 2 is 2.10 bits per heavy atom. The van der Waals surface area contributed by atoms with Gasteiger partial charge in [0.15, 0.2) is 0 Å². The summed E-state index contributed by atoms with van der Waals surface area (Å²) < 4.78 is 0. The molecule has 1 unspecified atom stereocenters. The van der Waals surface area contributed by atoms with Gasteiger partial charge in [-0.3, -0.25) is 15.6 Å². The van der Waals surface area contributed by atoms with Gasteiger partial charge in [-0.1, -0.05) is 12.8 Å². The van der Waals surface area contributed by atoms with Crippen molar-refractivity contribution in [3.8, 4) is 0 Å². The molecule has 5 heteroatoms. The van der Waals surface area contributed by atoms with Gasteiger partial charge in [0.05, 0.1) is 5.69 Å². The number of aromatic nitrogens is 1. The van der Waals surface area contributed by atoms with E-state index in [1.165, 1.54) is 25.7 Å². The Labute approximate surface area is 119 Å². The van der Waals surface area contributed by atoms with E-state index in [0.717, 1.165) is 25.1 Å². The molecule has 1 aromatic rings. The van der Waals surface area contributed by atoms with Crippen LogP contribution in [0, 0.1) is 5.92 Å². The second-order valence-electron chi connectivity index (χ2n) is 5.83. The molecule has 2 aliphatic rings. The number of hydrogen-bond donors (Lipinski definition) is 2. The van der Waals surface area contributed by atoms with Crippen molar-refractivity contribution in [1.82, 2.24) is 9.88 Å². The molecule has 1 atom stereocenters. The minimum Gasteiger partial charge on any atom is -0.334 e. The highest BCUT2D eigenvalue weighted by atomic mass is 16.2. The first-order valence-electron chi connectivity index (χ1n) is 7.53. The summed E-state index contributed by atoms with van der Waals surface area (Å²) in [4.78, 5) is 18.9. The third-order valence-corrected chi connectivity index (χ3v) is 4.65. The number of hydrogen-bond acceptors (Lipinski definition) is 4. The number of likely N-dealkylation sites (tertiary alicyclic amines) is 1. The van der Waals surface area contributed by atoms with Gasteiger partial charge >= 0.3 is 0 Å². The Balaban J connectivity index is 1.77. The van der Waals surface area contributed by atoms with E-state index in [1.54, 1.807) is 18.3 Å². The number of nitrogen functional groups attached to an aromatic ring is 1. The van der Waals surface area contributed by atoms with Crippen molar-refractivity contribution in [3.05, 3.63) is 24.0 Å². The van der Waals surface area contributed by atoms with Gasteiger partial charge in [-0.05, 0) is 43.7 Å². The van der Waals surface area contributed by atoms with E-state index in [4.69, 9.17) is 5.84 Å². The van der Waals surface area contributed by atoms with E-state index in [2.05, 4.69) is 10.4 Å². The van der Waals surface area contributed by atoms with Gasteiger partial charge in [0, 0.05) is 18.8 Å². The number of amides is 1. The molecule has 1 saturated heterocycles. The second kappa shape index (κ2) is 5.79. The van der Waals surface area contributed by atoms with Gasteiger partial charge in [-0.25, -0.2) is 0 Å². The standard InChI is InChI=1S/C15H22N4O/c16-18-12-7-8-17-13(10-12)15(20)19-9-3-6-14(19)11-4-1-2-5-11/h7-8,10-11,14H,1-6,9,16H2,(H,17,18). The predicted octanol–water partition coefficient (Wildman–Crippen LogP) is 2.16. The van der Waals surface area contributed by atoms with Crippen LogP contribution >= 0.6 is 0 Å². The Morgan fingerprint density at radius 1 is 1.30 bits per heavy atom. The zero-order valence-corrected chi connectivity index (χ0v) is 11.7. The number of anilines is 1. The highest BCUT2D eigenvalue weighted by Gasteiger charge is 2.36. The molecule has 0 bridgehead atoms. The smallest absolute Gasteiger partial charge is 0.272 e. The third kappa shape index (κ3) is 2.50. The number of hydrazine groups is 1. The van der Waals surface area contributed by atoms with Gasteiger partial charge < -0.3 is 10.3 Å². The van der Waals surface area contributed by atoms with Crippen LogP contribution in [0.2, 0.25) is 0 Å². The molecule has 3 rings (SSSR count). The number of nitrogens with zero attached hydrogens (tertiary/aromatic N) is 2. The maximum Gasteiger partial charge on any atom is 0.272 e. The van der Waals surface area contributed by atoms with Crippen LogP contribution in [0.5, 0.6) is 0 Å². The van der Waals surface area contributed by atoms with E-state index >= 15 is 0 Å². The number of carbonyl (C=O) groups excluding carboxylic acids is 1. The van der Waals surface area contributed by atoms with Crippen LogP contribution in [0.4, 0.5) is 5.69 Å². The fourth-order valence-corrected chi connectivity index (χ4v) is 3.66. The van der Waals surface area contributed by atoms with E-state index in [1.807, 2.05) is 4.90 Å². The molecular weight excluding hydrogens is 252 g/mol. The first-order chi connectivity index (χ1) is 9.79. The molecule has 1 aliphatic carbocycles. The summed E-state index contributed by atoms with van der Waals surface area (Å²) in [6.07, 6.45) is 9.05. The Hall–Kier alpha value is -1.62. The van der Waals surface area contributed by atoms with Crippen LogP contribution in [0.1, 0.15) is 49.0 Å². The lowest BCUT2D eigenvalue weighted by Crippen LogP contribution is -2.39. The van der Waals surface area contributed by atoms with Gasteiger partial charge in [0.1, 0.15) is 5.69 Å². The van der Waals surface area contributed by atoms with Crippen LogP contribution in [0.25, 0.3) is 0 Å². The Kier molecular flexibility index (Phi) is 3.87. The minimum absolute atomic E-state index is 0.0523. The van der Waals surface area contributed by atoms with Gasteiger partial charge in [-0.15, -0.1) is 0 Å². The second-order valence-corrected chi connectivity index (χ2v) is 5.83. The van der Waals surface area contributed by atoms with Gasteiger partial charge in [-0.2, -0.15) is 0 Å². The SMILES string of the molecule is NNc1ccnc(C(=O)N2CCCC2C2CCCC2)c1. The number of pyridine rings is 1. The predicted molar refractivity (Wildman–Crippen MR) is 78.1 cm³/mol. The summed E-state index contributed by atoms with van der Waals surface area (Å²) in [5.74, 6) is 6.14.